The van der Waals surface area contributed by atoms with Crippen LogP contribution in [0.1, 0.15) is 31.7 Å². The number of rotatable bonds is 9. The van der Waals surface area contributed by atoms with Crippen molar-refractivity contribution in [3.05, 3.63) is 29.6 Å². The number of aromatic nitrogens is 2. The number of ether oxygens (including phenoxy) is 2. The third-order valence-corrected chi connectivity index (χ3v) is 6.10. The van der Waals surface area contributed by atoms with Gasteiger partial charge < -0.3 is 24.6 Å². The number of hydrogen-bond acceptors (Lipinski definition) is 7. The molecule has 0 spiro atoms. The molecule has 8 nitrogen and oxygen atoms in total. The van der Waals surface area contributed by atoms with Gasteiger partial charge in [-0.3, -0.25) is 4.99 Å². The Kier molecular flexibility index (Phi) is 11.3. The molecule has 2 aromatic rings. The van der Waals surface area contributed by atoms with E-state index in [2.05, 4.69) is 48.5 Å². The van der Waals surface area contributed by atoms with E-state index in [-0.39, 0.29) is 24.0 Å². The second-order valence-corrected chi connectivity index (χ2v) is 8.05. The van der Waals surface area contributed by atoms with Gasteiger partial charge in [0.1, 0.15) is 5.82 Å². The van der Waals surface area contributed by atoms with Gasteiger partial charge >= 0.3 is 0 Å². The highest BCUT2D eigenvalue weighted by Crippen LogP contribution is 2.28. The van der Waals surface area contributed by atoms with Crippen LogP contribution >= 0.6 is 35.5 Å². The predicted molar refractivity (Wildman–Crippen MR) is 142 cm³/mol. The number of methoxy groups -OCH3 is 1. The van der Waals surface area contributed by atoms with E-state index >= 15 is 0 Å². The Morgan fingerprint density at radius 2 is 1.97 bits per heavy atom. The summed E-state index contributed by atoms with van der Waals surface area (Å²) in [6.45, 7) is 9.30. The molecule has 1 aromatic heterocycles. The number of piperazine rings is 1. The third-order valence-electron chi connectivity index (χ3n) is 5.29. The maximum Gasteiger partial charge on any atom is 0.205 e. The van der Waals surface area contributed by atoms with E-state index in [0.717, 1.165) is 80.4 Å². The molecule has 32 heavy (non-hydrogen) atoms. The summed E-state index contributed by atoms with van der Waals surface area (Å²) in [5, 5.41) is 4.55. The number of aryl methyl sites for hydroxylation is 2. The Hall–Kier alpha value is -1.82. The lowest BCUT2D eigenvalue weighted by Gasteiger charge is -2.36. The molecule has 0 bridgehead atoms. The number of guanidine groups is 1. The van der Waals surface area contributed by atoms with E-state index in [1.807, 2.05) is 20.0 Å². The number of hydrogen-bond donors (Lipinski definition) is 1. The molecule has 1 saturated heterocycles. The summed E-state index contributed by atoms with van der Waals surface area (Å²) in [5.41, 5.74) is 1.25. The smallest absolute Gasteiger partial charge is 0.205 e. The summed E-state index contributed by atoms with van der Waals surface area (Å²) in [6, 6.07) is 6.16. The van der Waals surface area contributed by atoms with Gasteiger partial charge in [-0.1, -0.05) is 13.0 Å². The Morgan fingerprint density at radius 3 is 2.59 bits per heavy atom. The molecule has 0 aliphatic carbocycles. The van der Waals surface area contributed by atoms with Crippen LogP contribution < -0.4 is 19.7 Å². The average Bonchev–Trinajstić information content (AvgIpc) is 3.29. The molecule has 0 saturated carbocycles. The summed E-state index contributed by atoms with van der Waals surface area (Å²) in [6.07, 6.45) is 2.87. The molecule has 1 aromatic carbocycles. The monoisotopic (exact) mass is 574 g/mol. The van der Waals surface area contributed by atoms with Crippen molar-refractivity contribution in [1.82, 2.24) is 19.6 Å². The normalized spacial score (nSPS) is 14.2. The summed E-state index contributed by atoms with van der Waals surface area (Å²) >= 11 is 1.50. The minimum absolute atomic E-state index is 0. The molecule has 0 atom stereocenters. The van der Waals surface area contributed by atoms with E-state index in [9.17, 15) is 0 Å². The fourth-order valence-corrected chi connectivity index (χ4v) is 4.40. The highest BCUT2D eigenvalue weighted by molar-refractivity contribution is 14.0. The van der Waals surface area contributed by atoms with Gasteiger partial charge in [0.25, 0.3) is 0 Å². The van der Waals surface area contributed by atoms with Crippen LogP contribution in [0.2, 0.25) is 0 Å². The lowest BCUT2D eigenvalue weighted by Crippen LogP contribution is -2.52. The maximum atomic E-state index is 5.68. The number of benzene rings is 1. The van der Waals surface area contributed by atoms with Gasteiger partial charge in [0.2, 0.25) is 5.13 Å². The van der Waals surface area contributed by atoms with Crippen molar-refractivity contribution in [3.8, 4) is 11.5 Å². The first-order valence-electron chi connectivity index (χ1n) is 11.0. The topological polar surface area (TPSA) is 75.1 Å². The van der Waals surface area contributed by atoms with Crippen LogP contribution in [-0.4, -0.2) is 73.7 Å². The maximum absolute atomic E-state index is 5.68. The number of nitrogens with one attached hydrogen (secondary N) is 1. The van der Waals surface area contributed by atoms with Crippen LogP contribution in [-0.2, 0) is 12.8 Å². The SMILES string of the molecule is CCOc1cc(CCCNC(=NC)N2CCN(c3nc(CC)ns3)CC2)ccc1OC.I. The van der Waals surface area contributed by atoms with Crippen LogP contribution in [0.25, 0.3) is 0 Å². The Morgan fingerprint density at radius 1 is 1.19 bits per heavy atom. The Labute approximate surface area is 212 Å². The lowest BCUT2D eigenvalue weighted by molar-refractivity contribution is 0.310. The molecular formula is C22H35IN6O2S. The largest absolute Gasteiger partial charge is 0.493 e. The van der Waals surface area contributed by atoms with Gasteiger partial charge in [-0.05, 0) is 37.5 Å². The highest BCUT2D eigenvalue weighted by atomic mass is 127. The van der Waals surface area contributed by atoms with Gasteiger partial charge in [0.15, 0.2) is 17.5 Å². The van der Waals surface area contributed by atoms with Crippen LogP contribution in [0.5, 0.6) is 11.5 Å². The van der Waals surface area contributed by atoms with Crippen molar-refractivity contribution >= 4 is 46.6 Å². The minimum atomic E-state index is 0. The van der Waals surface area contributed by atoms with Gasteiger partial charge in [0.05, 0.1) is 13.7 Å². The molecule has 2 heterocycles. The number of anilines is 1. The first-order chi connectivity index (χ1) is 15.2. The summed E-state index contributed by atoms with van der Waals surface area (Å²) in [5.74, 6) is 3.49. The van der Waals surface area contributed by atoms with E-state index in [1.54, 1.807) is 7.11 Å². The van der Waals surface area contributed by atoms with Gasteiger partial charge in [-0.15, -0.1) is 24.0 Å². The molecule has 3 rings (SSSR count). The second-order valence-electron chi connectivity index (χ2n) is 7.32. The molecule has 1 aliphatic heterocycles. The fourth-order valence-electron chi connectivity index (χ4n) is 3.60. The van der Waals surface area contributed by atoms with Crippen molar-refractivity contribution in [1.29, 1.82) is 0 Å². The highest BCUT2D eigenvalue weighted by Gasteiger charge is 2.21. The average molecular weight is 575 g/mol. The molecular weight excluding hydrogens is 539 g/mol. The first kappa shape index (κ1) is 26.4. The Balaban J connectivity index is 0.00000363. The molecule has 0 unspecified atom stereocenters. The Bertz CT molecular complexity index is 855. The standard InChI is InChI=1S/C22H34N6O2S.HI/c1-5-20-25-22(31-26-20)28-14-12-27(13-15-28)21(23-3)24-11-7-8-17-9-10-18(29-4)19(16-17)30-6-2;/h9-10,16H,5-8,11-15H2,1-4H3,(H,23,24);1H. The summed E-state index contributed by atoms with van der Waals surface area (Å²) in [7, 11) is 3.52. The third kappa shape index (κ3) is 7.09. The number of nitrogens with zero attached hydrogens (tertiary/aromatic N) is 5. The molecule has 1 aliphatic rings. The zero-order chi connectivity index (χ0) is 22.1. The number of aliphatic imine (C=N–C) groups is 1. The van der Waals surface area contributed by atoms with Crippen molar-refractivity contribution in [2.45, 2.75) is 33.1 Å². The van der Waals surface area contributed by atoms with Crippen molar-refractivity contribution < 1.29 is 9.47 Å². The van der Waals surface area contributed by atoms with E-state index in [4.69, 9.17) is 9.47 Å². The molecule has 1 fully saturated rings. The van der Waals surface area contributed by atoms with E-state index < -0.39 is 0 Å². The van der Waals surface area contributed by atoms with Crippen LogP contribution in [0.15, 0.2) is 23.2 Å². The van der Waals surface area contributed by atoms with Gasteiger partial charge in [0, 0.05) is 57.7 Å². The quantitative estimate of drug-likeness (QED) is 0.213. The number of halogens is 1. The van der Waals surface area contributed by atoms with Gasteiger partial charge in [-0.2, -0.15) is 4.37 Å². The molecule has 178 valence electrons. The van der Waals surface area contributed by atoms with Gasteiger partial charge in [-0.25, -0.2) is 4.98 Å². The first-order valence-corrected chi connectivity index (χ1v) is 11.8. The molecule has 0 radical (unpaired) electrons. The van der Waals surface area contributed by atoms with Crippen LogP contribution in [0.3, 0.4) is 0 Å². The van der Waals surface area contributed by atoms with Crippen LogP contribution in [0.4, 0.5) is 5.13 Å². The van der Waals surface area contributed by atoms with Crippen molar-refractivity contribution in [2.24, 2.45) is 4.99 Å². The van der Waals surface area contributed by atoms with E-state index in [0.29, 0.717) is 6.61 Å². The molecule has 1 N–H and O–H groups in total. The van der Waals surface area contributed by atoms with Crippen LogP contribution in [0, 0.1) is 0 Å². The predicted octanol–water partition coefficient (Wildman–Crippen LogP) is 3.46. The fraction of sp³-hybridized carbons (Fsp3) is 0.591. The van der Waals surface area contributed by atoms with E-state index in [1.165, 1.54) is 17.1 Å². The molecule has 0 amide bonds. The van der Waals surface area contributed by atoms with Crippen molar-refractivity contribution in [2.75, 3.05) is 58.4 Å². The molecule has 10 heteroatoms. The minimum Gasteiger partial charge on any atom is -0.493 e. The zero-order valence-electron chi connectivity index (χ0n) is 19.5. The van der Waals surface area contributed by atoms with Crippen molar-refractivity contribution in [3.63, 3.8) is 0 Å². The second kappa shape index (κ2) is 13.7. The lowest BCUT2D eigenvalue weighted by atomic mass is 10.1. The summed E-state index contributed by atoms with van der Waals surface area (Å²) in [4.78, 5) is 13.7. The summed E-state index contributed by atoms with van der Waals surface area (Å²) < 4.78 is 15.5. The zero-order valence-corrected chi connectivity index (χ0v) is 22.6.